The SMILES string of the molecule is CC1c2cn[nH]c2-c2cc(Cl)ccc2N1S(=O)(=O)c1ccc(Cl)cc1. The monoisotopic (exact) mass is 393 g/mol. The van der Waals surface area contributed by atoms with Gasteiger partial charge in [-0.3, -0.25) is 9.40 Å². The van der Waals surface area contributed by atoms with Crippen LogP contribution in [0.2, 0.25) is 10.0 Å². The Morgan fingerprint density at radius 1 is 1.08 bits per heavy atom. The molecule has 0 fully saturated rings. The number of halogens is 2. The number of benzene rings is 2. The Morgan fingerprint density at radius 2 is 1.76 bits per heavy atom. The number of hydrogen-bond donors (Lipinski definition) is 1. The number of H-pyrrole nitrogens is 1. The molecule has 1 aromatic heterocycles. The van der Waals surface area contributed by atoms with Crippen molar-refractivity contribution in [2.45, 2.75) is 17.9 Å². The van der Waals surface area contributed by atoms with E-state index < -0.39 is 16.1 Å². The summed E-state index contributed by atoms with van der Waals surface area (Å²) in [5, 5.41) is 8.03. The summed E-state index contributed by atoms with van der Waals surface area (Å²) in [7, 11) is -3.78. The number of rotatable bonds is 2. The molecule has 5 nitrogen and oxygen atoms in total. The van der Waals surface area contributed by atoms with E-state index >= 15 is 0 Å². The van der Waals surface area contributed by atoms with E-state index in [-0.39, 0.29) is 4.90 Å². The second-order valence-electron chi connectivity index (χ2n) is 5.79. The van der Waals surface area contributed by atoms with Gasteiger partial charge in [0.2, 0.25) is 0 Å². The summed E-state index contributed by atoms with van der Waals surface area (Å²) in [6.07, 6.45) is 1.65. The maximum Gasteiger partial charge on any atom is 0.264 e. The molecule has 128 valence electrons. The van der Waals surface area contributed by atoms with E-state index in [1.54, 1.807) is 36.5 Å². The van der Waals surface area contributed by atoms with Crippen LogP contribution in [0.3, 0.4) is 0 Å². The van der Waals surface area contributed by atoms with E-state index in [9.17, 15) is 8.42 Å². The molecule has 8 heteroatoms. The van der Waals surface area contributed by atoms with Crippen LogP contribution in [0.1, 0.15) is 18.5 Å². The molecule has 0 aliphatic carbocycles. The highest BCUT2D eigenvalue weighted by molar-refractivity contribution is 7.92. The third-order valence-electron chi connectivity index (χ3n) is 4.31. The van der Waals surface area contributed by atoms with Gasteiger partial charge in [-0.25, -0.2) is 8.42 Å². The Hall–Kier alpha value is -2.02. The van der Waals surface area contributed by atoms with E-state index in [1.807, 2.05) is 6.92 Å². The standard InChI is InChI=1S/C17H13Cl2N3O2S/c1-10-15-9-20-21-17(15)14-8-12(19)4-7-16(14)22(10)25(23,24)13-5-2-11(18)3-6-13/h2-10H,1H3,(H,20,21). The van der Waals surface area contributed by atoms with Crippen LogP contribution in [0, 0.1) is 0 Å². The number of aromatic amines is 1. The number of anilines is 1. The van der Waals surface area contributed by atoms with Gasteiger partial charge in [0.05, 0.1) is 28.5 Å². The first-order chi connectivity index (χ1) is 11.9. The molecule has 1 aliphatic heterocycles. The molecule has 2 aromatic carbocycles. The lowest BCUT2D eigenvalue weighted by atomic mass is 9.97. The molecular weight excluding hydrogens is 381 g/mol. The molecule has 1 atom stereocenters. The third-order valence-corrected chi connectivity index (χ3v) is 6.69. The molecule has 0 spiro atoms. The minimum absolute atomic E-state index is 0.177. The zero-order chi connectivity index (χ0) is 17.8. The van der Waals surface area contributed by atoms with E-state index in [2.05, 4.69) is 10.2 Å². The van der Waals surface area contributed by atoms with Gasteiger partial charge in [0, 0.05) is 21.2 Å². The average Bonchev–Trinajstić information content (AvgIpc) is 3.06. The van der Waals surface area contributed by atoms with E-state index in [0.29, 0.717) is 21.3 Å². The van der Waals surface area contributed by atoms with Crippen LogP contribution in [-0.4, -0.2) is 18.6 Å². The Bertz CT molecular complexity index is 1060. The summed E-state index contributed by atoms with van der Waals surface area (Å²) in [6, 6.07) is 10.9. The fourth-order valence-electron chi connectivity index (χ4n) is 3.12. The minimum Gasteiger partial charge on any atom is -0.277 e. The van der Waals surface area contributed by atoms with Crippen molar-refractivity contribution in [1.29, 1.82) is 0 Å². The highest BCUT2D eigenvalue weighted by Crippen LogP contribution is 2.46. The molecule has 4 rings (SSSR count). The maximum absolute atomic E-state index is 13.3. The Morgan fingerprint density at radius 3 is 2.48 bits per heavy atom. The highest BCUT2D eigenvalue weighted by atomic mass is 35.5. The average molecular weight is 394 g/mol. The minimum atomic E-state index is -3.78. The molecule has 25 heavy (non-hydrogen) atoms. The van der Waals surface area contributed by atoms with Gasteiger partial charge in [-0.05, 0) is 49.4 Å². The molecule has 0 amide bonds. The first-order valence-electron chi connectivity index (χ1n) is 7.53. The van der Waals surface area contributed by atoms with Crippen molar-refractivity contribution in [3.63, 3.8) is 0 Å². The van der Waals surface area contributed by atoms with E-state index in [4.69, 9.17) is 23.2 Å². The van der Waals surface area contributed by atoms with Crippen molar-refractivity contribution in [2.24, 2.45) is 0 Å². The predicted molar refractivity (Wildman–Crippen MR) is 98.6 cm³/mol. The van der Waals surface area contributed by atoms with Gasteiger partial charge in [-0.1, -0.05) is 23.2 Å². The van der Waals surface area contributed by atoms with Gasteiger partial charge in [0.15, 0.2) is 0 Å². The summed E-state index contributed by atoms with van der Waals surface area (Å²) >= 11 is 12.0. The molecule has 1 unspecified atom stereocenters. The lowest BCUT2D eigenvalue weighted by Crippen LogP contribution is -2.36. The molecule has 0 saturated carbocycles. The largest absolute Gasteiger partial charge is 0.277 e. The summed E-state index contributed by atoms with van der Waals surface area (Å²) < 4.78 is 28.0. The molecule has 0 radical (unpaired) electrons. The van der Waals surface area contributed by atoms with E-state index in [0.717, 1.165) is 11.3 Å². The highest BCUT2D eigenvalue weighted by Gasteiger charge is 2.37. The molecule has 0 saturated heterocycles. The van der Waals surface area contributed by atoms with Crippen LogP contribution in [0.4, 0.5) is 5.69 Å². The first-order valence-corrected chi connectivity index (χ1v) is 9.72. The molecule has 1 aliphatic rings. The van der Waals surface area contributed by atoms with Crippen molar-refractivity contribution < 1.29 is 8.42 Å². The third kappa shape index (κ3) is 2.52. The summed E-state index contributed by atoms with van der Waals surface area (Å²) in [6.45, 7) is 1.83. The van der Waals surface area contributed by atoms with Crippen molar-refractivity contribution in [1.82, 2.24) is 10.2 Å². The molecular formula is C17H13Cl2N3O2S. The fourth-order valence-corrected chi connectivity index (χ4v) is 5.07. The van der Waals surface area contributed by atoms with Crippen LogP contribution in [0.15, 0.2) is 53.6 Å². The number of hydrogen-bond acceptors (Lipinski definition) is 3. The second kappa shape index (κ2) is 5.76. The normalized spacial score (nSPS) is 16.4. The number of nitrogens with zero attached hydrogens (tertiary/aromatic N) is 2. The summed E-state index contributed by atoms with van der Waals surface area (Å²) in [4.78, 5) is 0.177. The zero-order valence-corrected chi connectivity index (χ0v) is 15.4. The van der Waals surface area contributed by atoms with Gasteiger partial charge >= 0.3 is 0 Å². The van der Waals surface area contributed by atoms with Crippen molar-refractivity contribution in [2.75, 3.05) is 4.31 Å². The van der Waals surface area contributed by atoms with Crippen LogP contribution < -0.4 is 4.31 Å². The Kier molecular flexibility index (Phi) is 3.79. The molecule has 3 aromatic rings. The number of fused-ring (bicyclic) bond motifs is 3. The lowest BCUT2D eigenvalue weighted by Gasteiger charge is -2.35. The predicted octanol–water partition coefficient (Wildman–Crippen LogP) is 4.65. The summed E-state index contributed by atoms with van der Waals surface area (Å²) in [5.41, 5.74) is 2.85. The molecule has 1 N–H and O–H groups in total. The second-order valence-corrected chi connectivity index (χ2v) is 8.48. The van der Waals surface area contributed by atoms with Crippen molar-refractivity contribution in [3.8, 4) is 11.3 Å². The van der Waals surface area contributed by atoms with Gasteiger partial charge in [-0.15, -0.1) is 0 Å². The number of sulfonamides is 1. The molecule has 2 heterocycles. The van der Waals surface area contributed by atoms with Gasteiger partial charge in [0.25, 0.3) is 10.0 Å². The van der Waals surface area contributed by atoms with Gasteiger partial charge < -0.3 is 0 Å². The number of aromatic nitrogens is 2. The van der Waals surface area contributed by atoms with Crippen LogP contribution in [0.25, 0.3) is 11.3 Å². The van der Waals surface area contributed by atoms with Gasteiger partial charge in [-0.2, -0.15) is 5.10 Å². The Balaban J connectivity index is 1.95. The van der Waals surface area contributed by atoms with Crippen molar-refractivity contribution >= 4 is 38.9 Å². The lowest BCUT2D eigenvalue weighted by molar-refractivity contribution is 0.582. The fraction of sp³-hybridized carbons (Fsp3) is 0.118. The number of nitrogens with one attached hydrogen (secondary N) is 1. The zero-order valence-electron chi connectivity index (χ0n) is 13.1. The van der Waals surface area contributed by atoms with Crippen LogP contribution >= 0.6 is 23.2 Å². The topological polar surface area (TPSA) is 66.1 Å². The summed E-state index contributed by atoms with van der Waals surface area (Å²) in [5.74, 6) is 0. The van der Waals surface area contributed by atoms with Crippen LogP contribution in [0.5, 0.6) is 0 Å². The first kappa shape index (κ1) is 16.4. The molecule has 0 bridgehead atoms. The Labute approximate surface area is 155 Å². The smallest absolute Gasteiger partial charge is 0.264 e. The quantitative estimate of drug-likeness (QED) is 0.688. The van der Waals surface area contributed by atoms with E-state index in [1.165, 1.54) is 16.4 Å². The van der Waals surface area contributed by atoms with Gasteiger partial charge in [0.1, 0.15) is 0 Å². The van der Waals surface area contributed by atoms with Crippen LogP contribution in [-0.2, 0) is 10.0 Å². The van der Waals surface area contributed by atoms with Crippen molar-refractivity contribution in [3.05, 3.63) is 64.3 Å². The maximum atomic E-state index is 13.3.